The lowest BCUT2D eigenvalue weighted by atomic mass is 10.2. The van der Waals surface area contributed by atoms with Crippen LogP contribution in [-0.2, 0) is 29.2 Å². The van der Waals surface area contributed by atoms with Gasteiger partial charge in [-0.2, -0.15) is 4.57 Å². The Morgan fingerprint density at radius 1 is 1.06 bits per heavy atom. The molecule has 0 unspecified atom stereocenters. The summed E-state index contributed by atoms with van der Waals surface area (Å²) in [5, 5.41) is 0.867. The first-order valence-corrected chi connectivity index (χ1v) is 12.5. The van der Waals surface area contributed by atoms with E-state index in [9.17, 15) is 26.4 Å². The van der Waals surface area contributed by atoms with Crippen LogP contribution in [0.1, 0.15) is 12.1 Å². The van der Waals surface area contributed by atoms with Crippen molar-refractivity contribution >= 4 is 55.0 Å². The van der Waals surface area contributed by atoms with Gasteiger partial charge in [-0.3, -0.25) is 9.55 Å². The summed E-state index contributed by atoms with van der Waals surface area (Å²) in [4.78, 5) is 16.7. The number of fused-ring (bicyclic) bond motifs is 2. The van der Waals surface area contributed by atoms with Gasteiger partial charge in [-0.15, -0.1) is 13.2 Å². The normalized spacial score (nSPS) is 12.8. The van der Waals surface area contributed by atoms with Crippen LogP contribution in [-0.4, -0.2) is 39.1 Å². The van der Waals surface area contributed by atoms with Crippen LogP contribution in [0.15, 0.2) is 41.5 Å². The van der Waals surface area contributed by atoms with Crippen LogP contribution in [0.3, 0.4) is 0 Å². The monoisotopic (exact) mass is 520 g/mol. The lowest BCUT2D eigenvalue weighted by molar-refractivity contribution is -0.203. The van der Waals surface area contributed by atoms with Crippen molar-refractivity contribution in [1.29, 1.82) is 0 Å². The molecule has 4 rings (SSSR count). The first kappa shape index (κ1) is 23.7. The maximum absolute atomic E-state index is 13.7. The zero-order chi connectivity index (χ0) is 24.1. The molecule has 7 nitrogen and oxygen atoms in total. The van der Waals surface area contributed by atoms with Gasteiger partial charge in [0.25, 0.3) is 0 Å². The van der Waals surface area contributed by atoms with Crippen molar-refractivity contribution in [2.75, 3.05) is 12.0 Å². The van der Waals surface area contributed by atoms with Crippen LogP contribution in [0.25, 0.3) is 21.9 Å². The van der Waals surface area contributed by atoms with Crippen LogP contribution in [0.5, 0.6) is 0 Å². The van der Waals surface area contributed by atoms with Gasteiger partial charge in [0, 0.05) is 40.6 Å². The van der Waals surface area contributed by atoms with Gasteiger partial charge in [0.1, 0.15) is 9.84 Å². The summed E-state index contributed by atoms with van der Waals surface area (Å²) in [6.45, 7) is 0.0603. The first-order chi connectivity index (χ1) is 15.4. The Labute approximate surface area is 195 Å². The Balaban J connectivity index is 1.88. The summed E-state index contributed by atoms with van der Waals surface area (Å²) in [5.74, 6) is -0.0629. The van der Waals surface area contributed by atoms with Crippen molar-refractivity contribution in [2.45, 2.75) is 25.8 Å². The summed E-state index contributed by atoms with van der Waals surface area (Å²) < 4.78 is 66.6. The smallest absolute Gasteiger partial charge is 0.343 e. The predicted molar refractivity (Wildman–Crippen MR) is 121 cm³/mol. The standard InChI is InChI=1S/C20H17Cl2F3N4O3S/c1-33(31,32)6-2-5-27-14(8-12-7-13(21)3-4-16(12)27)11-28-17-10-26-9-15(22)18(17)29(19(28)30)20(23,24)25/h3-4,7-10H,2,5-6,11H2,1H3. The van der Waals surface area contributed by atoms with E-state index in [1.54, 1.807) is 28.8 Å². The number of halogens is 5. The molecule has 13 heteroatoms. The lowest BCUT2D eigenvalue weighted by Gasteiger charge is -2.11. The lowest BCUT2D eigenvalue weighted by Crippen LogP contribution is -2.32. The number of aryl methyl sites for hydroxylation is 1. The molecule has 0 bridgehead atoms. The Morgan fingerprint density at radius 3 is 2.45 bits per heavy atom. The molecule has 0 aliphatic rings. The fourth-order valence-corrected chi connectivity index (χ4v) is 4.96. The molecule has 0 amide bonds. The van der Waals surface area contributed by atoms with Gasteiger partial charge in [-0.25, -0.2) is 13.2 Å². The number of aromatic nitrogens is 4. The van der Waals surface area contributed by atoms with Crippen molar-refractivity contribution in [1.82, 2.24) is 18.7 Å². The predicted octanol–water partition coefficient (Wildman–Crippen LogP) is 4.42. The molecular weight excluding hydrogens is 504 g/mol. The number of alkyl halides is 3. The quantitative estimate of drug-likeness (QED) is 0.377. The Morgan fingerprint density at radius 2 is 1.79 bits per heavy atom. The highest BCUT2D eigenvalue weighted by molar-refractivity contribution is 7.90. The van der Waals surface area contributed by atoms with Gasteiger partial charge in [0.2, 0.25) is 0 Å². The van der Waals surface area contributed by atoms with Crippen molar-refractivity contribution < 1.29 is 21.6 Å². The van der Waals surface area contributed by atoms with Gasteiger partial charge >= 0.3 is 12.0 Å². The molecule has 0 fully saturated rings. The van der Waals surface area contributed by atoms with Crippen LogP contribution in [0, 0.1) is 0 Å². The molecular formula is C20H17Cl2F3N4O3S. The van der Waals surface area contributed by atoms with Gasteiger partial charge in [0.05, 0.1) is 34.6 Å². The van der Waals surface area contributed by atoms with Gasteiger partial charge in [-0.1, -0.05) is 23.2 Å². The van der Waals surface area contributed by atoms with E-state index in [0.717, 1.165) is 23.2 Å². The largest absolute Gasteiger partial charge is 0.493 e. The van der Waals surface area contributed by atoms with Gasteiger partial charge in [0.15, 0.2) is 0 Å². The molecule has 0 saturated carbocycles. The summed E-state index contributed by atoms with van der Waals surface area (Å²) in [6, 6.07) is 6.80. The first-order valence-electron chi connectivity index (χ1n) is 9.64. The number of benzene rings is 1. The van der Waals surface area contributed by atoms with Crippen LogP contribution in [0.2, 0.25) is 10.0 Å². The molecule has 33 heavy (non-hydrogen) atoms. The van der Waals surface area contributed by atoms with E-state index in [1.807, 2.05) is 0 Å². The number of rotatable bonds is 6. The highest BCUT2D eigenvalue weighted by Gasteiger charge is 2.37. The number of nitrogens with zero attached hydrogens (tertiary/aromatic N) is 4. The molecule has 0 aliphatic heterocycles. The third-order valence-corrected chi connectivity index (χ3v) is 6.75. The Kier molecular flexibility index (Phi) is 6.00. The molecule has 0 radical (unpaired) electrons. The molecule has 0 saturated heterocycles. The number of sulfone groups is 1. The second-order valence-corrected chi connectivity index (χ2v) is 10.7. The van der Waals surface area contributed by atoms with E-state index in [0.29, 0.717) is 21.6 Å². The Bertz CT molecular complexity index is 1540. The van der Waals surface area contributed by atoms with Gasteiger partial charge in [-0.05, 0) is 30.7 Å². The SMILES string of the molecule is CS(=O)(=O)CCCn1c(Cn2c(=O)n(C(F)(F)F)c3c(Cl)cncc32)cc2cc(Cl)ccc21. The van der Waals surface area contributed by atoms with Crippen molar-refractivity contribution in [3.8, 4) is 0 Å². The Hall–Kier alpha value is -2.50. The van der Waals surface area contributed by atoms with Crippen molar-refractivity contribution in [3.63, 3.8) is 0 Å². The fraction of sp³-hybridized carbons (Fsp3) is 0.300. The molecule has 3 heterocycles. The summed E-state index contributed by atoms with van der Waals surface area (Å²) in [7, 11) is -3.20. The third kappa shape index (κ3) is 4.62. The molecule has 1 aromatic carbocycles. The molecule has 0 atom stereocenters. The molecule has 176 valence electrons. The maximum atomic E-state index is 13.7. The van der Waals surface area contributed by atoms with Crippen molar-refractivity contribution in [2.24, 2.45) is 0 Å². The minimum atomic E-state index is -4.98. The van der Waals surface area contributed by atoms with Crippen molar-refractivity contribution in [3.05, 3.63) is 62.9 Å². The minimum Gasteiger partial charge on any atom is -0.343 e. The average Bonchev–Trinajstić information content (AvgIpc) is 3.16. The zero-order valence-corrected chi connectivity index (χ0v) is 19.4. The second-order valence-electron chi connectivity index (χ2n) is 7.63. The highest BCUT2D eigenvalue weighted by Crippen LogP contribution is 2.31. The second kappa shape index (κ2) is 8.37. The van der Waals surface area contributed by atoms with Crippen LogP contribution < -0.4 is 5.69 Å². The zero-order valence-electron chi connectivity index (χ0n) is 17.1. The summed E-state index contributed by atoms with van der Waals surface area (Å²) in [5.41, 5.74) is -0.642. The fourth-order valence-electron chi connectivity index (χ4n) is 3.89. The van der Waals surface area contributed by atoms with Gasteiger partial charge < -0.3 is 4.57 Å². The summed E-state index contributed by atoms with van der Waals surface area (Å²) >= 11 is 12.1. The molecule has 4 aromatic rings. The van der Waals surface area contributed by atoms with Crippen LogP contribution in [0.4, 0.5) is 13.2 Å². The summed E-state index contributed by atoms with van der Waals surface area (Å²) in [6.07, 6.45) is -1.38. The topological polar surface area (TPSA) is 78.9 Å². The number of hydrogen-bond donors (Lipinski definition) is 0. The maximum Gasteiger partial charge on any atom is 0.493 e. The van der Waals surface area contributed by atoms with E-state index in [2.05, 4.69) is 4.98 Å². The molecule has 0 N–H and O–H groups in total. The van der Waals surface area contributed by atoms with E-state index >= 15 is 0 Å². The molecule has 3 aromatic heterocycles. The van der Waals surface area contributed by atoms with E-state index < -0.39 is 27.3 Å². The highest BCUT2D eigenvalue weighted by atomic mass is 35.5. The van der Waals surface area contributed by atoms with E-state index in [4.69, 9.17) is 23.2 Å². The minimum absolute atomic E-state index is 0.0629. The van der Waals surface area contributed by atoms with E-state index in [-0.39, 0.29) is 40.4 Å². The molecule has 0 aliphatic carbocycles. The van der Waals surface area contributed by atoms with Crippen LogP contribution >= 0.6 is 23.2 Å². The average molecular weight is 521 g/mol. The number of pyridine rings is 1. The van der Waals surface area contributed by atoms with E-state index in [1.165, 1.54) is 0 Å². The third-order valence-electron chi connectivity index (χ3n) is 5.21. The number of hydrogen-bond acceptors (Lipinski definition) is 4. The molecule has 0 spiro atoms. The number of imidazole rings is 1.